The van der Waals surface area contributed by atoms with Gasteiger partial charge in [0.05, 0.1) is 4.92 Å². The van der Waals surface area contributed by atoms with Crippen LogP contribution in [-0.2, 0) is 28.5 Å². The number of carbonyl (C=O) groups excluding carboxylic acids is 2. The summed E-state index contributed by atoms with van der Waals surface area (Å²) in [7, 11) is 0. The van der Waals surface area contributed by atoms with E-state index in [-0.39, 0.29) is 18.9 Å². The second-order valence-corrected chi connectivity index (χ2v) is 4.23. The Balaban J connectivity index is 3.00. The van der Waals surface area contributed by atoms with E-state index in [4.69, 9.17) is 18.9 Å². The van der Waals surface area contributed by atoms with Gasteiger partial charge in [0, 0.05) is 20.5 Å². The molecule has 21 heavy (non-hydrogen) atoms. The van der Waals surface area contributed by atoms with Crippen LogP contribution in [0.2, 0.25) is 0 Å². The number of nitrogens with zero attached hydrogens (tertiary/aromatic N) is 1. The van der Waals surface area contributed by atoms with Crippen molar-refractivity contribution in [2.24, 2.45) is 0 Å². The maximum Gasteiger partial charge on any atom is 0.312 e. The Kier molecular flexibility index (Phi) is 6.10. The van der Waals surface area contributed by atoms with Crippen molar-refractivity contribution in [1.29, 1.82) is 0 Å². The van der Waals surface area contributed by atoms with E-state index in [1.165, 1.54) is 6.92 Å². The number of rotatable bonds is 6. The van der Waals surface area contributed by atoms with Crippen LogP contribution in [0.1, 0.15) is 20.8 Å². The summed E-state index contributed by atoms with van der Waals surface area (Å²) in [4.78, 5) is 32.4. The highest BCUT2D eigenvalue weighted by Crippen LogP contribution is 2.25. The van der Waals surface area contributed by atoms with Crippen LogP contribution in [0.15, 0.2) is 12.0 Å². The molecule has 0 aromatic carbocycles. The van der Waals surface area contributed by atoms with Crippen LogP contribution in [0.5, 0.6) is 0 Å². The summed E-state index contributed by atoms with van der Waals surface area (Å²) < 4.78 is 20.3. The summed E-state index contributed by atoms with van der Waals surface area (Å²) in [6.07, 6.45) is -2.12. The van der Waals surface area contributed by atoms with Crippen molar-refractivity contribution in [2.45, 2.75) is 39.1 Å². The number of carbonyl (C=O) groups is 2. The van der Waals surface area contributed by atoms with Gasteiger partial charge in [0.15, 0.2) is 24.6 Å². The van der Waals surface area contributed by atoms with Gasteiger partial charge in [0.1, 0.15) is 6.61 Å². The maximum atomic E-state index is 11.2. The van der Waals surface area contributed by atoms with E-state index in [1.807, 2.05) is 0 Å². The molecule has 0 aromatic heterocycles. The van der Waals surface area contributed by atoms with Gasteiger partial charge in [-0.15, -0.1) is 0 Å². The molecule has 9 heteroatoms. The van der Waals surface area contributed by atoms with Crippen LogP contribution in [0.3, 0.4) is 0 Å². The molecule has 3 atom stereocenters. The van der Waals surface area contributed by atoms with Gasteiger partial charge in [0.25, 0.3) is 0 Å². The third-order valence-electron chi connectivity index (χ3n) is 2.63. The summed E-state index contributed by atoms with van der Waals surface area (Å²) in [5, 5.41) is 11.0. The van der Waals surface area contributed by atoms with E-state index in [9.17, 15) is 19.7 Å². The number of nitro groups is 1. The second kappa shape index (κ2) is 7.58. The second-order valence-electron chi connectivity index (χ2n) is 4.23. The lowest BCUT2D eigenvalue weighted by atomic mass is 10.0. The summed E-state index contributed by atoms with van der Waals surface area (Å²) in [5.74, 6) is -1.19. The average molecular weight is 303 g/mol. The molecule has 1 heterocycles. The largest absolute Gasteiger partial charge is 0.484 e. The lowest BCUT2D eigenvalue weighted by Crippen LogP contribution is -2.50. The quantitative estimate of drug-likeness (QED) is 0.393. The summed E-state index contributed by atoms with van der Waals surface area (Å²) in [6, 6.07) is 0. The monoisotopic (exact) mass is 303 g/mol. The molecule has 0 saturated heterocycles. The molecular weight excluding hydrogens is 286 g/mol. The van der Waals surface area contributed by atoms with Crippen LogP contribution in [0.25, 0.3) is 0 Å². The molecule has 0 N–H and O–H groups in total. The van der Waals surface area contributed by atoms with Gasteiger partial charge >= 0.3 is 17.6 Å². The normalized spacial score (nSPS) is 24.5. The molecule has 118 valence electrons. The molecule has 0 aliphatic carbocycles. The Morgan fingerprint density at radius 1 is 1.38 bits per heavy atom. The van der Waals surface area contributed by atoms with Gasteiger partial charge < -0.3 is 18.9 Å². The number of ether oxygens (including phenoxy) is 4. The zero-order chi connectivity index (χ0) is 16.0. The van der Waals surface area contributed by atoms with Gasteiger partial charge in [-0.1, -0.05) is 0 Å². The van der Waals surface area contributed by atoms with Crippen molar-refractivity contribution in [3.8, 4) is 0 Å². The first kappa shape index (κ1) is 16.9. The third kappa shape index (κ3) is 4.71. The minimum absolute atomic E-state index is 0.175. The van der Waals surface area contributed by atoms with Crippen molar-refractivity contribution in [3.05, 3.63) is 22.1 Å². The first-order valence-corrected chi connectivity index (χ1v) is 6.28. The lowest BCUT2D eigenvalue weighted by molar-refractivity contribution is -0.445. The van der Waals surface area contributed by atoms with E-state index in [0.717, 1.165) is 13.2 Å². The molecule has 0 aromatic rings. The molecule has 0 fully saturated rings. The smallest absolute Gasteiger partial charge is 0.312 e. The highest BCUT2D eigenvalue weighted by molar-refractivity contribution is 5.66. The zero-order valence-corrected chi connectivity index (χ0v) is 11.9. The molecule has 0 saturated carbocycles. The van der Waals surface area contributed by atoms with E-state index in [0.29, 0.717) is 0 Å². The van der Waals surface area contributed by atoms with E-state index < -0.39 is 35.2 Å². The molecule has 0 unspecified atom stereocenters. The predicted molar refractivity (Wildman–Crippen MR) is 67.6 cm³/mol. The Hall–Kier alpha value is -2.16. The summed E-state index contributed by atoms with van der Waals surface area (Å²) in [6.45, 7) is 3.99. The summed E-state index contributed by atoms with van der Waals surface area (Å²) >= 11 is 0. The zero-order valence-electron chi connectivity index (χ0n) is 11.9. The first-order valence-electron chi connectivity index (χ1n) is 6.28. The Morgan fingerprint density at radius 2 is 2.05 bits per heavy atom. The number of esters is 2. The maximum absolute atomic E-state index is 11.2. The number of hydrogen-bond donors (Lipinski definition) is 0. The molecule has 0 bridgehead atoms. The van der Waals surface area contributed by atoms with Gasteiger partial charge in [0.2, 0.25) is 0 Å². The van der Waals surface area contributed by atoms with Gasteiger partial charge in [-0.25, -0.2) is 0 Å². The van der Waals surface area contributed by atoms with Crippen molar-refractivity contribution >= 4 is 11.9 Å². The van der Waals surface area contributed by atoms with Crippen LogP contribution in [0.4, 0.5) is 0 Å². The molecule has 0 spiro atoms. The topological polar surface area (TPSA) is 114 Å². The minimum atomic E-state index is -1.09. The third-order valence-corrected chi connectivity index (χ3v) is 2.63. The SMILES string of the molecule is CCO[C@@H]1C([N+](=O)[O-])=CO[C@H](COC(C)=O)[C@@H]1OC(C)=O. The summed E-state index contributed by atoms with van der Waals surface area (Å²) in [5.41, 5.74) is -0.359. The fourth-order valence-corrected chi connectivity index (χ4v) is 1.83. The van der Waals surface area contributed by atoms with E-state index in [1.54, 1.807) is 6.92 Å². The molecule has 9 nitrogen and oxygen atoms in total. The molecular formula is C12H17NO8. The highest BCUT2D eigenvalue weighted by atomic mass is 16.6. The number of hydrogen-bond acceptors (Lipinski definition) is 8. The first-order chi connectivity index (χ1) is 9.86. The van der Waals surface area contributed by atoms with Gasteiger partial charge in [-0.05, 0) is 6.92 Å². The van der Waals surface area contributed by atoms with Crippen LogP contribution < -0.4 is 0 Å². The fraction of sp³-hybridized carbons (Fsp3) is 0.667. The van der Waals surface area contributed by atoms with Crippen LogP contribution >= 0.6 is 0 Å². The highest BCUT2D eigenvalue weighted by Gasteiger charge is 2.46. The van der Waals surface area contributed by atoms with Crippen molar-refractivity contribution in [3.63, 3.8) is 0 Å². The average Bonchev–Trinajstić information content (AvgIpc) is 2.38. The Labute approximate surface area is 120 Å². The molecule has 0 radical (unpaired) electrons. The van der Waals surface area contributed by atoms with Gasteiger partial charge in [-0.2, -0.15) is 0 Å². The van der Waals surface area contributed by atoms with Crippen LogP contribution in [0, 0.1) is 10.1 Å². The van der Waals surface area contributed by atoms with E-state index in [2.05, 4.69) is 0 Å². The molecule has 0 amide bonds. The molecule has 1 aliphatic heterocycles. The predicted octanol–water partition coefficient (Wildman–Crippen LogP) is 0.403. The Bertz CT molecular complexity index is 447. The van der Waals surface area contributed by atoms with Crippen LogP contribution in [-0.4, -0.2) is 48.4 Å². The fourth-order valence-electron chi connectivity index (χ4n) is 1.83. The minimum Gasteiger partial charge on any atom is -0.484 e. The lowest BCUT2D eigenvalue weighted by Gasteiger charge is -2.33. The Morgan fingerprint density at radius 3 is 2.52 bits per heavy atom. The molecule has 1 aliphatic rings. The van der Waals surface area contributed by atoms with Crippen molar-refractivity contribution in [2.75, 3.05) is 13.2 Å². The van der Waals surface area contributed by atoms with E-state index >= 15 is 0 Å². The van der Waals surface area contributed by atoms with Crippen molar-refractivity contribution < 1.29 is 33.5 Å². The van der Waals surface area contributed by atoms with Crippen molar-refractivity contribution in [1.82, 2.24) is 0 Å². The standard InChI is InChI=1S/C12H17NO8/c1-4-18-11-9(13(16)17)5-20-10(6-19-7(2)14)12(11)21-8(3)15/h5,10-12H,4,6H2,1-3H3/t10-,11-,12+/m1/s1. The molecule has 1 rings (SSSR count). The van der Waals surface area contributed by atoms with Gasteiger partial charge in [-0.3, -0.25) is 19.7 Å².